The summed E-state index contributed by atoms with van der Waals surface area (Å²) in [6, 6.07) is 6.93. The highest BCUT2D eigenvalue weighted by Gasteiger charge is 2.38. The molecule has 0 aromatic heterocycles. The van der Waals surface area contributed by atoms with Crippen molar-refractivity contribution in [3.8, 4) is 0 Å². The number of hydrogen-bond donors (Lipinski definition) is 0. The van der Waals surface area contributed by atoms with E-state index in [0.29, 0.717) is 17.9 Å². The van der Waals surface area contributed by atoms with Gasteiger partial charge >= 0.3 is 0 Å². The van der Waals surface area contributed by atoms with Crippen molar-refractivity contribution in [1.82, 2.24) is 4.31 Å². The third kappa shape index (κ3) is 4.61. The zero-order valence-corrected chi connectivity index (χ0v) is 18.5. The monoisotopic (exact) mass is 478 g/mol. The maximum Gasteiger partial charge on any atom is 0.264 e. The molecule has 1 unspecified atom stereocenters. The van der Waals surface area contributed by atoms with Crippen LogP contribution in [-0.4, -0.2) is 46.0 Å². The van der Waals surface area contributed by atoms with E-state index in [1.807, 2.05) is 0 Å². The van der Waals surface area contributed by atoms with Crippen LogP contribution in [0.15, 0.2) is 47.4 Å². The van der Waals surface area contributed by atoms with Crippen LogP contribution in [0.1, 0.15) is 19.8 Å². The Labute approximate surface area is 180 Å². The fourth-order valence-corrected chi connectivity index (χ4v) is 6.41. The van der Waals surface area contributed by atoms with Gasteiger partial charge < -0.3 is 0 Å². The first-order valence-electron chi connectivity index (χ1n) is 9.29. The minimum absolute atomic E-state index is 0.141. The Balaban J connectivity index is 2.13. The van der Waals surface area contributed by atoms with Crippen molar-refractivity contribution in [3.63, 3.8) is 0 Å². The summed E-state index contributed by atoms with van der Waals surface area (Å²) in [5, 5.41) is 0.315. The second-order valence-corrected chi connectivity index (χ2v) is 11.4. The van der Waals surface area contributed by atoms with E-state index in [9.17, 15) is 25.6 Å². The maximum atomic E-state index is 14.7. The van der Waals surface area contributed by atoms with Gasteiger partial charge in [-0.2, -0.15) is 4.31 Å². The molecule has 164 valence electrons. The van der Waals surface area contributed by atoms with Crippen molar-refractivity contribution in [2.24, 2.45) is 0 Å². The summed E-state index contributed by atoms with van der Waals surface area (Å²) in [4.78, 5) is -0.161. The molecule has 6 nitrogen and oxygen atoms in total. The predicted molar refractivity (Wildman–Crippen MR) is 112 cm³/mol. The first kappa shape index (κ1) is 22.9. The normalized spacial score (nSPS) is 18.3. The van der Waals surface area contributed by atoms with Crippen molar-refractivity contribution >= 4 is 37.3 Å². The Hall–Kier alpha value is -1.75. The average molecular weight is 479 g/mol. The Morgan fingerprint density at radius 3 is 2.40 bits per heavy atom. The van der Waals surface area contributed by atoms with Crippen LogP contribution in [0.25, 0.3) is 0 Å². The first-order chi connectivity index (χ1) is 14.1. The van der Waals surface area contributed by atoms with Crippen LogP contribution in [0.3, 0.4) is 0 Å². The fourth-order valence-electron chi connectivity index (χ4n) is 3.44. The predicted octanol–water partition coefficient (Wildman–Crippen LogP) is 3.63. The molecule has 11 heteroatoms. The molecule has 2 aromatic carbocycles. The molecular formula is C19H21ClF2N2O4S2. The highest BCUT2D eigenvalue weighted by atomic mass is 35.5. The fraction of sp³-hybridized carbons (Fsp3) is 0.368. The topological polar surface area (TPSA) is 74.8 Å². The number of anilines is 1. The van der Waals surface area contributed by atoms with Gasteiger partial charge in [-0.25, -0.2) is 25.6 Å². The number of benzene rings is 2. The molecule has 0 saturated carbocycles. The van der Waals surface area contributed by atoms with Crippen LogP contribution in [0.2, 0.25) is 5.02 Å². The number of nitrogens with zero attached hydrogens (tertiary/aromatic N) is 2. The van der Waals surface area contributed by atoms with Gasteiger partial charge in [-0.3, -0.25) is 4.31 Å². The van der Waals surface area contributed by atoms with Crippen molar-refractivity contribution < 1.29 is 25.6 Å². The average Bonchev–Trinajstić information content (AvgIpc) is 2.71. The number of hydrogen-bond acceptors (Lipinski definition) is 4. The van der Waals surface area contributed by atoms with E-state index in [4.69, 9.17) is 11.6 Å². The summed E-state index contributed by atoms with van der Waals surface area (Å²) in [5.41, 5.74) is -0.467. The molecule has 30 heavy (non-hydrogen) atoms. The van der Waals surface area contributed by atoms with Crippen LogP contribution >= 0.6 is 11.6 Å². The molecule has 3 rings (SSSR count). The molecule has 1 heterocycles. The van der Waals surface area contributed by atoms with Crippen LogP contribution < -0.4 is 4.31 Å². The SMILES string of the molecule is CCS(=O)(=O)N1CCCC(N(c2cc(F)ccc2F)S(=O)(=O)c2ccc(Cl)cc2)C1. The molecule has 1 aliphatic rings. The summed E-state index contributed by atoms with van der Waals surface area (Å²) < 4.78 is 82.2. The quantitative estimate of drug-likeness (QED) is 0.635. The van der Waals surface area contributed by atoms with Crippen molar-refractivity contribution in [3.05, 3.63) is 59.1 Å². The Bertz CT molecular complexity index is 1130. The van der Waals surface area contributed by atoms with Crippen LogP contribution in [0.5, 0.6) is 0 Å². The third-order valence-electron chi connectivity index (χ3n) is 4.97. The molecule has 0 bridgehead atoms. The zero-order valence-electron chi connectivity index (χ0n) is 16.1. The lowest BCUT2D eigenvalue weighted by Gasteiger charge is -2.39. The van der Waals surface area contributed by atoms with Gasteiger partial charge in [0.25, 0.3) is 10.0 Å². The van der Waals surface area contributed by atoms with Gasteiger partial charge in [0.2, 0.25) is 10.0 Å². The molecule has 0 amide bonds. The largest absolute Gasteiger partial charge is 0.264 e. The Kier molecular flexibility index (Phi) is 6.71. The lowest BCUT2D eigenvalue weighted by Crippen LogP contribution is -2.52. The molecule has 1 atom stereocenters. The van der Waals surface area contributed by atoms with Crippen molar-refractivity contribution in [2.75, 3.05) is 23.1 Å². The molecule has 0 spiro atoms. The van der Waals surface area contributed by atoms with E-state index >= 15 is 0 Å². The first-order valence-corrected chi connectivity index (χ1v) is 12.7. The van der Waals surface area contributed by atoms with E-state index in [-0.39, 0.29) is 23.7 Å². The van der Waals surface area contributed by atoms with E-state index < -0.39 is 43.4 Å². The number of piperidine rings is 1. The second-order valence-electron chi connectivity index (χ2n) is 6.91. The summed E-state index contributed by atoms with van der Waals surface area (Å²) in [6.07, 6.45) is 0.673. The summed E-state index contributed by atoms with van der Waals surface area (Å²) in [6.45, 7) is 1.58. The van der Waals surface area contributed by atoms with Gasteiger partial charge in [-0.1, -0.05) is 11.6 Å². The van der Waals surface area contributed by atoms with Gasteiger partial charge in [0, 0.05) is 24.2 Å². The van der Waals surface area contributed by atoms with Gasteiger partial charge in [-0.05, 0) is 56.2 Å². The highest BCUT2D eigenvalue weighted by Crippen LogP contribution is 2.33. The van der Waals surface area contributed by atoms with Crippen LogP contribution in [0.4, 0.5) is 14.5 Å². The standard InChI is InChI=1S/C19H21ClF2N2O4S2/c1-2-29(25,26)23-11-3-4-16(13-23)24(19-12-15(21)7-10-18(19)22)30(27,28)17-8-5-14(20)6-9-17/h5-10,12,16H,2-4,11,13H2,1H3. The van der Waals surface area contributed by atoms with Gasteiger partial charge in [-0.15, -0.1) is 0 Å². The molecule has 1 fully saturated rings. The van der Waals surface area contributed by atoms with Gasteiger partial charge in [0.15, 0.2) is 0 Å². The third-order valence-corrected chi connectivity index (χ3v) is 8.95. The van der Waals surface area contributed by atoms with E-state index in [1.165, 1.54) is 35.5 Å². The zero-order chi connectivity index (χ0) is 22.1. The van der Waals surface area contributed by atoms with Crippen molar-refractivity contribution in [2.45, 2.75) is 30.7 Å². The van der Waals surface area contributed by atoms with Crippen molar-refractivity contribution in [1.29, 1.82) is 0 Å². The molecule has 1 saturated heterocycles. The highest BCUT2D eigenvalue weighted by molar-refractivity contribution is 7.93. The van der Waals surface area contributed by atoms with E-state index in [2.05, 4.69) is 0 Å². The molecule has 0 radical (unpaired) electrons. The number of halogens is 3. The summed E-state index contributed by atoms with van der Waals surface area (Å²) in [7, 11) is -7.92. The lowest BCUT2D eigenvalue weighted by molar-refractivity contribution is 0.316. The van der Waals surface area contributed by atoms with Crippen LogP contribution in [-0.2, 0) is 20.0 Å². The minimum Gasteiger partial charge on any atom is -0.259 e. The Morgan fingerprint density at radius 1 is 1.10 bits per heavy atom. The van der Waals surface area contributed by atoms with E-state index in [1.54, 1.807) is 0 Å². The minimum atomic E-state index is -4.34. The summed E-state index contributed by atoms with van der Waals surface area (Å²) in [5.74, 6) is -1.88. The van der Waals surface area contributed by atoms with Gasteiger partial charge in [0.1, 0.15) is 11.6 Å². The number of rotatable bonds is 6. The second kappa shape index (κ2) is 8.78. The summed E-state index contributed by atoms with van der Waals surface area (Å²) >= 11 is 5.85. The molecule has 0 aliphatic carbocycles. The molecule has 1 aliphatic heterocycles. The smallest absolute Gasteiger partial charge is 0.259 e. The lowest BCUT2D eigenvalue weighted by atomic mass is 10.1. The molecular weight excluding hydrogens is 458 g/mol. The van der Waals surface area contributed by atoms with Crippen LogP contribution in [0, 0.1) is 11.6 Å². The van der Waals surface area contributed by atoms with E-state index in [0.717, 1.165) is 22.5 Å². The number of sulfonamides is 2. The molecule has 0 N–H and O–H groups in total. The molecule has 2 aromatic rings. The maximum absolute atomic E-state index is 14.7. The Morgan fingerprint density at radius 2 is 1.77 bits per heavy atom. The van der Waals surface area contributed by atoms with Gasteiger partial charge in [0.05, 0.1) is 22.4 Å².